The van der Waals surface area contributed by atoms with Gasteiger partial charge in [0.1, 0.15) is 0 Å². The predicted molar refractivity (Wildman–Crippen MR) is 115 cm³/mol. The van der Waals surface area contributed by atoms with Gasteiger partial charge in [-0.25, -0.2) is 15.0 Å². The highest BCUT2D eigenvalue weighted by atomic mass is 16.1. The van der Waals surface area contributed by atoms with Gasteiger partial charge in [0, 0.05) is 29.8 Å². The number of carbonyl (C=O) groups is 1. The topological polar surface area (TPSA) is 72.7 Å². The minimum atomic E-state index is -1.46. The second-order valence-electron chi connectivity index (χ2n) is 6.82. The Morgan fingerprint density at radius 3 is 2.48 bits per heavy atom. The molecule has 2 heterocycles. The summed E-state index contributed by atoms with van der Waals surface area (Å²) in [6.45, 7) is 0. The third-order valence-electron chi connectivity index (χ3n) is 4.57. The van der Waals surface area contributed by atoms with Crippen molar-refractivity contribution in [3.63, 3.8) is 0 Å². The third-order valence-corrected chi connectivity index (χ3v) is 4.57. The molecule has 29 heavy (non-hydrogen) atoms. The van der Waals surface area contributed by atoms with Crippen molar-refractivity contribution in [1.29, 1.82) is 0 Å². The van der Waals surface area contributed by atoms with E-state index < -0.39 is 5.11 Å². The monoisotopic (exact) mass is 373 g/mol. The van der Waals surface area contributed by atoms with Crippen molar-refractivity contribution in [2.75, 3.05) is 5.32 Å². The molecule has 6 nitrogen and oxygen atoms in total. The largest absolute Gasteiger partial charge is 0.334 e. The van der Waals surface area contributed by atoms with E-state index in [4.69, 9.17) is 23.5 Å². The van der Waals surface area contributed by atoms with Crippen LogP contribution in [0.1, 0.15) is 15.9 Å². The average molecular weight is 373 g/mol. The van der Waals surface area contributed by atoms with Gasteiger partial charge in [0.2, 0.25) is 5.95 Å². The van der Waals surface area contributed by atoms with Crippen molar-refractivity contribution >= 4 is 46.3 Å². The minimum Gasteiger partial charge on any atom is -0.334 e. The highest BCUT2D eigenvalue weighted by molar-refractivity contribution is 6.58. The Labute approximate surface area is 172 Å². The van der Waals surface area contributed by atoms with Crippen molar-refractivity contribution in [1.82, 2.24) is 19.5 Å². The van der Waals surface area contributed by atoms with E-state index in [1.54, 1.807) is 43.0 Å². The second kappa shape index (κ2) is 7.24. The van der Waals surface area contributed by atoms with Gasteiger partial charge in [-0.05, 0) is 18.2 Å². The maximum atomic E-state index is 12.5. The Hall–Kier alpha value is -3.35. The van der Waals surface area contributed by atoms with Crippen molar-refractivity contribution in [2.45, 2.75) is 5.11 Å². The Morgan fingerprint density at radius 1 is 1.07 bits per heavy atom. The summed E-state index contributed by atoms with van der Waals surface area (Å²) in [7, 11) is 18.9. The molecule has 0 spiro atoms. The predicted octanol–water partition coefficient (Wildman–Crippen LogP) is 1.90. The van der Waals surface area contributed by atoms with Crippen LogP contribution in [0.25, 0.3) is 22.2 Å². The number of imidazole rings is 1. The van der Waals surface area contributed by atoms with E-state index in [2.05, 4.69) is 20.3 Å². The molecule has 0 atom stereocenters. The lowest BCUT2D eigenvalue weighted by molar-refractivity contribution is 0.102. The Balaban J connectivity index is 1.59. The van der Waals surface area contributed by atoms with E-state index in [-0.39, 0.29) is 11.9 Å². The van der Waals surface area contributed by atoms with Crippen LogP contribution in [0.4, 0.5) is 5.95 Å². The number of carbonyl (C=O) groups excluding carboxylic acids is 1. The zero-order valence-corrected chi connectivity index (χ0v) is 15.7. The number of aryl methyl sites for hydroxylation is 1. The molecule has 4 rings (SSSR count). The van der Waals surface area contributed by atoms with Crippen LogP contribution in [0.3, 0.4) is 0 Å². The van der Waals surface area contributed by atoms with E-state index >= 15 is 0 Å². The summed E-state index contributed by atoms with van der Waals surface area (Å²) >= 11 is 0. The van der Waals surface area contributed by atoms with Gasteiger partial charge >= 0.3 is 0 Å². The standard InChI is InChI=1S/C20H14B3N5O/c1-28-11-24-10-17(28)13-2-3-14-9-25-19(26-16(14)8-13)27-18(29)12-4-6-15(7-5-12)20(21,22)23/h2-11H,1H3,(H,25,26,27,29). The Morgan fingerprint density at radius 2 is 1.83 bits per heavy atom. The van der Waals surface area contributed by atoms with Crippen LogP contribution in [0, 0.1) is 0 Å². The molecule has 0 saturated carbocycles. The highest BCUT2D eigenvalue weighted by Crippen LogP contribution is 2.23. The number of fused-ring (bicyclic) bond motifs is 1. The molecule has 2 aromatic carbocycles. The van der Waals surface area contributed by atoms with Gasteiger partial charge in [-0.3, -0.25) is 10.1 Å². The van der Waals surface area contributed by atoms with Crippen molar-refractivity contribution in [3.8, 4) is 11.3 Å². The van der Waals surface area contributed by atoms with Crippen LogP contribution >= 0.6 is 0 Å². The lowest BCUT2D eigenvalue weighted by atomic mass is 9.40. The number of nitrogens with one attached hydrogen (secondary N) is 1. The summed E-state index contributed by atoms with van der Waals surface area (Å²) in [5.41, 5.74) is 3.57. The number of amides is 1. The first-order valence-electron chi connectivity index (χ1n) is 8.83. The molecule has 134 valence electrons. The fourth-order valence-corrected chi connectivity index (χ4v) is 2.96. The first-order chi connectivity index (χ1) is 13.8. The number of hydrogen-bond acceptors (Lipinski definition) is 4. The molecule has 0 aliphatic rings. The Kier molecular flexibility index (Phi) is 4.74. The molecule has 6 radical (unpaired) electrons. The first-order valence-corrected chi connectivity index (χ1v) is 8.83. The average Bonchev–Trinajstić information content (AvgIpc) is 3.13. The molecule has 4 aromatic rings. The number of aromatic nitrogens is 4. The molecule has 0 aliphatic carbocycles. The third kappa shape index (κ3) is 3.94. The maximum absolute atomic E-state index is 12.5. The van der Waals surface area contributed by atoms with Crippen LogP contribution in [-0.2, 0) is 12.2 Å². The molecule has 0 unspecified atom stereocenters. The van der Waals surface area contributed by atoms with Crippen molar-refractivity contribution in [3.05, 3.63) is 72.3 Å². The Bertz CT molecular complexity index is 1200. The lowest BCUT2D eigenvalue weighted by Gasteiger charge is -2.20. The van der Waals surface area contributed by atoms with Gasteiger partial charge in [0.25, 0.3) is 5.91 Å². The van der Waals surface area contributed by atoms with E-state index in [0.29, 0.717) is 16.6 Å². The molecule has 1 amide bonds. The van der Waals surface area contributed by atoms with Gasteiger partial charge in [-0.2, -0.15) is 0 Å². The number of rotatable bonds is 4. The molecular formula is C20H14B3N5O. The smallest absolute Gasteiger partial charge is 0.258 e. The fraction of sp³-hybridized carbons (Fsp3) is 0.100. The van der Waals surface area contributed by atoms with Crippen LogP contribution in [0.15, 0.2) is 61.2 Å². The molecule has 9 heteroatoms. The SMILES string of the molecule is [B]C([B])([B])c1ccc(C(=O)Nc2ncc3ccc(-c4cncn4C)cc3n2)cc1. The van der Waals surface area contributed by atoms with E-state index in [1.165, 1.54) is 0 Å². The van der Waals surface area contributed by atoms with Crippen LogP contribution in [0.2, 0.25) is 0 Å². The number of nitrogens with zero attached hydrogens (tertiary/aromatic N) is 4. The summed E-state index contributed by atoms with van der Waals surface area (Å²) < 4.78 is 1.92. The summed E-state index contributed by atoms with van der Waals surface area (Å²) in [6.07, 6.45) is 5.19. The lowest BCUT2D eigenvalue weighted by Crippen LogP contribution is -2.27. The molecule has 0 aliphatic heterocycles. The summed E-state index contributed by atoms with van der Waals surface area (Å²) in [5, 5.41) is 2.11. The van der Waals surface area contributed by atoms with Crippen molar-refractivity contribution in [2.24, 2.45) is 7.05 Å². The van der Waals surface area contributed by atoms with Gasteiger partial charge < -0.3 is 4.57 Å². The molecule has 0 fully saturated rings. The van der Waals surface area contributed by atoms with E-state index in [0.717, 1.165) is 16.6 Å². The minimum absolute atomic E-state index is 0.208. The van der Waals surface area contributed by atoms with Gasteiger partial charge in [-0.15, -0.1) is 5.11 Å². The number of benzene rings is 2. The molecule has 1 N–H and O–H groups in total. The normalized spacial score (nSPS) is 11.5. The molecule has 0 saturated heterocycles. The van der Waals surface area contributed by atoms with Crippen molar-refractivity contribution < 1.29 is 4.79 Å². The highest BCUT2D eigenvalue weighted by Gasteiger charge is 2.14. The summed E-state index contributed by atoms with van der Waals surface area (Å²) in [6, 6.07) is 12.2. The van der Waals surface area contributed by atoms with Crippen LogP contribution in [0.5, 0.6) is 0 Å². The maximum Gasteiger partial charge on any atom is 0.258 e. The van der Waals surface area contributed by atoms with Crippen LogP contribution in [-0.4, -0.2) is 49.0 Å². The zero-order valence-electron chi connectivity index (χ0n) is 15.7. The second-order valence-corrected chi connectivity index (χ2v) is 6.82. The van der Waals surface area contributed by atoms with Gasteiger partial charge in [0.05, 0.1) is 47.3 Å². The number of hydrogen-bond donors (Lipinski definition) is 1. The fourth-order valence-electron chi connectivity index (χ4n) is 2.96. The molecular weight excluding hydrogens is 359 g/mol. The summed E-state index contributed by atoms with van der Waals surface area (Å²) in [4.78, 5) is 25.3. The van der Waals surface area contributed by atoms with Gasteiger partial charge in [0.15, 0.2) is 0 Å². The van der Waals surface area contributed by atoms with E-state index in [1.807, 2.05) is 29.8 Å². The quantitative estimate of drug-likeness (QED) is 0.555. The summed E-state index contributed by atoms with van der Waals surface area (Å²) in [5.74, 6) is -0.144. The number of anilines is 1. The molecule has 2 aromatic heterocycles. The first kappa shape index (κ1) is 19.0. The zero-order chi connectivity index (χ0) is 20.6. The molecule has 0 bridgehead atoms. The van der Waals surface area contributed by atoms with E-state index in [9.17, 15) is 4.79 Å². The van der Waals surface area contributed by atoms with Gasteiger partial charge in [-0.1, -0.05) is 29.8 Å². The van der Waals surface area contributed by atoms with Crippen LogP contribution < -0.4 is 5.32 Å².